The average Bonchev–Trinajstić information content (AvgIpc) is 3.27. The molecule has 5 rings (SSSR count). The molecule has 6 heteroatoms. The van der Waals surface area contributed by atoms with Crippen LogP contribution in [0.4, 0.5) is 0 Å². The fourth-order valence-corrected chi connectivity index (χ4v) is 5.30. The first kappa shape index (κ1) is 21.2. The molecule has 2 fully saturated rings. The van der Waals surface area contributed by atoms with Crippen molar-refractivity contribution in [1.29, 1.82) is 0 Å². The Morgan fingerprint density at radius 2 is 1.76 bits per heavy atom. The number of hydrogen-bond acceptors (Lipinski definition) is 4. The van der Waals surface area contributed by atoms with Gasteiger partial charge in [-0.3, -0.25) is 14.6 Å². The van der Waals surface area contributed by atoms with Gasteiger partial charge in [0, 0.05) is 55.5 Å². The molecule has 3 aromatic rings. The van der Waals surface area contributed by atoms with Crippen molar-refractivity contribution in [3.05, 3.63) is 95.8 Å². The van der Waals surface area contributed by atoms with Crippen LogP contribution in [0.1, 0.15) is 38.6 Å². The van der Waals surface area contributed by atoms with Crippen LogP contribution in [0.3, 0.4) is 0 Å². The highest BCUT2D eigenvalue weighted by molar-refractivity contribution is 5.95. The molecule has 0 bridgehead atoms. The second-order valence-electron chi connectivity index (χ2n) is 8.72. The molecule has 1 aromatic heterocycles. The highest BCUT2D eigenvalue weighted by atomic mass is 16.5. The third kappa shape index (κ3) is 4.09. The minimum Gasteiger partial charge on any atom is -0.497 e. The van der Waals surface area contributed by atoms with Crippen molar-refractivity contribution in [2.45, 2.75) is 18.4 Å². The van der Waals surface area contributed by atoms with E-state index in [1.807, 2.05) is 52.3 Å². The van der Waals surface area contributed by atoms with Crippen molar-refractivity contribution >= 4 is 11.8 Å². The van der Waals surface area contributed by atoms with Crippen LogP contribution in [-0.2, 0) is 0 Å². The number of rotatable bonds is 4. The van der Waals surface area contributed by atoms with E-state index in [9.17, 15) is 9.59 Å². The number of piperidine rings is 1. The molecule has 2 amide bonds. The molecule has 0 saturated carbocycles. The predicted octanol–water partition coefficient (Wildman–Crippen LogP) is 3.86. The third-order valence-corrected chi connectivity index (χ3v) is 6.93. The summed E-state index contributed by atoms with van der Waals surface area (Å²) >= 11 is 0. The normalized spacial score (nSPS) is 22.0. The summed E-state index contributed by atoms with van der Waals surface area (Å²) in [6, 6.07) is 21.2. The molecular formula is C27H27N3O3. The Morgan fingerprint density at radius 3 is 2.52 bits per heavy atom. The van der Waals surface area contributed by atoms with Gasteiger partial charge in [0.1, 0.15) is 5.75 Å². The molecule has 0 N–H and O–H groups in total. The first-order chi connectivity index (χ1) is 16.2. The first-order valence-corrected chi connectivity index (χ1v) is 11.3. The van der Waals surface area contributed by atoms with Gasteiger partial charge in [-0.15, -0.1) is 0 Å². The molecular weight excluding hydrogens is 414 g/mol. The topological polar surface area (TPSA) is 62.7 Å². The van der Waals surface area contributed by atoms with E-state index in [1.165, 1.54) is 0 Å². The smallest absolute Gasteiger partial charge is 0.255 e. The van der Waals surface area contributed by atoms with E-state index in [0.717, 1.165) is 17.7 Å². The largest absolute Gasteiger partial charge is 0.497 e. The van der Waals surface area contributed by atoms with E-state index < -0.39 is 0 Å². The summed E-state index contributed by atoms with van der Waals surface area (Å²) in [4.78, 5) is 34.7. The minimum atomic E-state index is -0.00113. The Labute approximate surface area is 193 Å². The van der Waals surface area contributed by atoms with Crippen LogP contribution in [0.25, 0.3) is 0 Å². The molecule has 2 aliphatic heterocycles. The fraction of sp³-hybridized carbons (Fsp3) is 0.296. The number of carbonyl (C=O) groups is 2. The molecule has 2 aliphatic rings. The molecule has 2 saturated heterocycles. The van der Waals surface area contributed by atoms with Gasteiger partial charge < -0.3 is 14.5 Å². The molecule has 0 aliphatic carbocycles. The maximum absolute atomic E-state index is 13.5. The Kier molecular flexibility index (Phi) is 5.82. The number of nitrogens with zero attached hydrogens (tertiary/aromatic N) is 3. The summed E-state index contributed by atoms with van der Waals surface area (Å²) in [5.74, 6) is 1.14. The number of methoxy groups -OCH3 is 1. The summed E-state index contributed by atoms with van der Waals surface area (Å²) in [7, 11) is 1.66. The molecule has 3 heterocycles. The van der Waals surface area contributed by atoms with Gasteiger partial charge >= 0.3 is 0 Å². The van der Waals surface area contributed by atoms with Crippen LogP contribution in [0.2, 0.25) is 0 Å². The van der Waals surface area contributed by atoms with Gasteiger partial charge in [0.05, 0.1) is 12.7 Å². The number of benzene rings is 2. The first-order valence-electron chi connectivity index (χ1n) is 11.3. The number of hydrogen-bond donors (Lipinski definition) is 0. The lowest BCUT2D eigenvalue weighted by Gasteiger charge is -2.39. The summed E-state index contributed by atoms with van der Waals surface area (Å²) in [5, 5.41) is 0. The lowest BCUT2D eigenvalue weighted by atomic mass is 9.81. The fourth-order valence-electron chi connectivity index (χ4n) is 5.30. The summed E-state index contributed by atoms with van der Waals surface area (Å²) < 4.78 is 5.46. The van der Waals surface area contributed by atoms with E-state index in [1.54, 1.807) is 31.6 Å². The van der Waals surface area contributed by atoms with Crippen LogP contribution >= 0.6 is 0 Å². The van der Waals surface area contributed by atoms with Gasteiger partial charge in [0.25, 0.3) is 11.8 Å². The Hall–Kier alpha value is -3.67. The molecule has 2 aromatic carbocycles. The number of fused-ring (bicyclic) bond motifs is 1. The van der Waals surface area contributed by atoms with Crippen LogP contribution in [0.15, 0.2) is 79.1 Å². The van der Waals surface area contributed by atoms with Gasteiger partial charge in [-0.05, 0) is 48.4 Å². The maximum Gasteiger partial charge on any atom is 0.255 e. The van der Waals surface area contributed by atoms with Crippen molar-refractivity contribution in [3.8, 4) is 5.75 Å². The zero-order chi connectivity index (χ0) is 22.8. The number of carbonyl (C=O) groups excluding carboxylic acids is 2. The second-order valence-corrected chi connectivity index (χ2v) is 8.72. The molecule has 3 atom stereocenters. The predicted molar refractivity (Wildman–Crippen MR) is 125 cm³/mol. The summed E-state index contributed by atoms with van der Waals surface area (Å²) in [5.41, 5.74) is 2.45. The highest BCUT2D eigenvalue weighted by Gasteiger charge is 2.48. The van der Waals surface area contributed by atoms with Crippen molar-refractivity contribution in [3.63, 3.8) is 0 Å². The van der Waals surface area contributed by atoms with E-state index >= 15 is 0 Å². The van der Waals surface area contributed by atoms with E-state index in [0.29, 0.717) is 30.8 Å². The number of amides is 2. The zero-order valence-electron chi connectivity index (χ0n) is 18.6. The molecule has 168 valence electrons. The van der Waals surface area contributed by atoms with Crippen molar-refractivity contribution in [2.24, 2.45) is 5.92 Å². The average molecular weight is 442 g/mol. The van der Waals surface area contributed by atoms with Crippen molar-refractivity contribution in [2.75, 3.05) is 26.7 Å². The highest BCUT2D eigenvalue weighted by Crippen LogP contribution is 2.43. The Morgan fingerprint density at radius 1 is 0.939 bits per heavy atom. The maximum atomic E-state index is 13.5. The van der Waals surface area contributed by atoms with Gasteiger partial charge in [0.15, 0.2) is 0 Å². The van der Waals surface area contributed by atoms with Crippen molar-refractivity contribution < 1.29 is 14.3 Å². The molecule has 0 unspecified atom stereocenters. The van der Waals surface area contributed by atoms with Gasteiger partial charge in [0.2, 0.25) is 0 Å². The monoisotopic (exact) mass is 441 g/mol. The molecule has 33 heavy (non-hydrogen) atoms. The van der Waals surface area contributed by atoms with Crippen LogP contribution in [0.5, 0.6) is 5.75 Å². The van der Waals surface area contributed by atoms with Gasteiger partial charge in [-0.2, -0.15) is 0 Å². The standard InChI is InChI=1S/C27H27N3O3/c1-33-22-11-5-9-20(15-22)23-18-30(27(32)19-7-3-2-4-8-19)25-12-14-29(17-24(23)25)26(31)21-10-6-13-28-16-21/h2-11,13,15-16,23-25H,12,14,17-18H2,1H3/t23-,24-,25-/m1/s1. The minimum absolute atomic E-state index is 0.00113. The van der Waals surface area contributed by atoms with Gasteiger partial charge in [-0.1, -0.05) is 30.3 Å². The van der Waals surface area contributed by atoms with Crippen LogP contribution in [0, 0.1) is 5.92 Å². The Balaban J connectivity index is 1.46. The SMILES string of the molecule is COc1cccc([C@H]2CN(C(=O)c3ccccc3)[C@@H]3CCN(C(=O)c4cccnc4)C[C@H]23)c1. The summed E-state index contributed by atoms with van der Waals surface area (Å²) in [6.07, 6.45) is 4.05. The summed E-state index contributed by atoms with van der Waals surface area (Å²) in [6.45, 7) is 1.86. The lowest BCUT2D eigenvalue weighted by Crippen LogP contribution is -2.49. The van der Waals surface area contributed by atoms with Crippen molar-refractivity contribution in [1.82, 2.24) is 14.8 Å². The van der Waals surface area contributed by atoms with E-state index in [2.05, 4.69) is 17.1 Å². The van der Waals surface area contributed by atoms with Gasteiger partial charge in [-0.25, -0.2) is 0 Å². The van der Waals surface area contributed by atoms with E-state index in [-0.39, 0.29) is 29.7 Å². The lowest BCUT2D eigenvalue weighted by molar-refractivity contribution is 0.0533. The van der Waals surface area contributed by atoms with E-state index in [4.69, 9.17) is 4.74 Å². The number of aromatic nitrogens is 1. The Bertz CT molecular complexity index is 1140. The zero-order valence-corrected chi connectivity index (χ0v) is 18.6. The number of ether oxygens (including phenoxy) is 1. The third-order valence-electron chi connectivity index (χ3n) is 6.93. The van der Waals surface area contributed by atoms with Crippen LogP contribution in [-0.4, -0.2) is 59.4 Å². The molecule has 6 nitrogen and oxygen atoms in total. The molecule has 0 spiro atoms. The quantitative estimate of drug-likeness (QED) is 0.617. The molecule has 0 radical (unpaired) electrons. The number of likely N-dealkylation sites (tertiary alicyclic amines) is 2. The van der Waals surface area contributed by atoms with Crippen LogP contribution < -0.4 is 4.74 Å². The number of pyridine rings is 1. The second kappa shape index (κ2) is 9.06.